The lowest BCUT2D eigenvalue weighted by Gasteiger charge is -2.12. The van der Waals surface area contributed by atoms with Gasteiger partial charge in [-0.2, -0.15) is 9.19 Å². The average molecular weight is 487 g/mol. The normalized spacial score (nSPS) is 13.0. The van der Waals surface area contributed by atoms with Crippen LogP contribution in [0.4, 0.5) is 11.4 Å². The fraction of sp³-hybridized carbons (Fsp3) is 0.0800. The standard InChI is InChI=1S/C25H22N6O3S/c1-29(2)20-10-8-17(9-11-20)18-12-21-22(15-27-25(21)26-13-18)19-14-28-30(16-19)35(3,34)24-7-5-4-6-23(24)31(32)33/h4-16H,3H2,1-2H3,(H,26,27). The number of rotatable bonds is 6. The number of hydrogen-bond acceptors (Lipinski definition) is 6. The maximum atomic E-state index is 13.5. The van der Waals surface area contributed by atoms with Gasteiger partial charge in [0.15, 0.2) is 0 Å². The number of para-hydroxylation sites is 1. The summed E-state index contributed by atoms with van der Waals surface area (Å²) in [5, 5.41) is 16.6. The van der Waals surface area contributed by atoms with Gasteiger partial charge in [-0.05, 0) is 35.7 Å². The van der Waals surface area contributed by atoms with Crippen molar-refractivity contribution in [1.29, 1.82) is 0 Å². The molecule has 5 rings (SSSR count). The van der Waals surface area contributed by atoms with Gasteiger partial charge >= 0.3 is 0 Å². The first-order chi connectivity index (χ1) is 16.8. The first kappa shape index (κ1) is 22.4. The van der Waals surface area contributed by atoms with E-state index in [4.69, 9.17) is 0 Å². The quantitative estimate of drug-likeness (QED) is 0.213. The monoisotopic (exact) mass is 486 g/mol. The summed E-state index contributed by atoms with van der Waals surface area (Å²) >= 11 is 0. The predicted molar refractivity (Wildman–Crippen MR) is 139 cm³/mol. The van der Waals surface area contributed by atoms with Crippen LogP contribution >= 0.6 is 0 Å². The number of nitrogens with one attached hydrogen (secondary N) is 1. The second-order valence-corrected chi connectivity index (χ2v) is 10.4. The molecule has 35 heavy (non-hydrogen) atoms. The van der Waals surface area contributed by atoms with E-state index >= 15 is 0 Å². The highest BCUT2D eigenvalue weighted by atomic mass is 32.2. The zero-order valence-electron chi connectivity index (χ0n) is 19.1. The molecular weight excluding hydrogens is 464 g/mol. The molecule has 5 aromatic rings. The summed E-state index contributed by atoms with van der Waals surface area (Å²) in [5.41, 5.74) is 5.05. The van der Waals surface area contributed by atoms with E-state index in [0.29, 0.717) is 11.2 Å². The van der Waals surface area contributed by atoms with Crippen molar-refractivity contribution in [2.24, 2.45) is 0 Å². The fourth-order valence-corrected chi connectivity index (χ4v) is 5.38. The highest BCUT2D eigenvalue weighted by Gasteiger charge is 2.23. The first-order valence-electron chi connectivity index (χ1n) is 10.7. The molecule has 1 unspecified atom stereocenters. The lowest BCUT2D eigenvalue weighted by atomic mass is 10.0. The summed E-state index contributed by atoms with van der Waals surface area (Å²) < 4.78 is 14.7. The van der Waals surface area contributed by atoms with Crippen molar-refractivity contribution in [2.45, 2.75) is 4.90 Å². The number of nitro benzene ring substituents is 1. The van der Waals surface area contributed by atoms with Crippen molar-refractivity contribution in [2.75, 3.05) is 19.0 Å². The van der Waals surface area contributed by atoms with E-state index < -0.39 is 14.6 Å². The molecule has 0 amide bonds. The van der Waals surface area contributed by atoms with Crippen LogP contribution in [-0.2, 0) is 9.71 Å². The van der Waals surface area contributed by atoms with E-state index in [2.05, 4.69) is 33.1 Å². The first-order valence-corrected chi connectivity index (χ1v) is 12.4. The fourth-order valence-electron chi connectivity index (χ4n) is 3.94. The molecule has 0 aliphatic heterocycles. The third-order valence-corrected chi connectivity index (χ3v) is 7.66. The van der Waals surface area contributed by atoms with Crippen molar-refractivity contribution < 1.29 is 9.13 Å². The van der Waals surface area contributed by atoms with Gasteiger partial charge in [-0.15, -0.1) is 0 Å². The van der Waals surface area contributed by atoms with Gasteiger partial charge in [0.2, 0.25) is 0 Å². The van der Waals surface area contributed by atoms with Crippen LogP contribution in [-0.4, -0.2) is 48.3 Å². The van der Waals surface area contributed by atoms with E-state index in [1.54, 1.807) is 18.5 Å². The van der Waals surface area contributed by atoms with Crippen LogP contribution in [0, 0.1) is 10.1 Å². The number of pyridine rings is 1. The van der Waals surface area contributed by atoms with E-state index in [-0.39, 0.29) is 10.6 Å². The number of nitrogens with zero attached hydrogens (tertiary/aromatic N) is 5. The van der Waals surface area contributed by atoms with Gasteiger partial charge in [0.25, 0.3) is 5.69 Å². The second kappa shape index (κ2) is 8.41. The molecule has 176 valence electrons. The topological polar surface area (TPSA) is 110 Å². The Labute approximate surface area is 202 Å². The molecule has 0 saturated carbocycles. The number of anilines is 1. The number of nitro groups is 1. The molecule has 0 aliphatic carbocycles. The lowest BCUT2D eigenvalue weighted by molar-refractivity contribution is -0.387. The Hall–Kier alpha value is -4.44. The molecule has 2 aromatic carbocycles. The molecule has 0 spiro atoms. The van der Waals surface area contributed by atoms with Gasteiger partial charge in [0.05, 0.1) is 11.1 Å². The van der Waals surface area contributed by atoms with Gasteiger partial charge in [-0.3, -0.25) is 10.1 Å². The Morgan fingerprint density at radius 1 is 1.06 bits per heavy atom. The minimum absolute atomic E-state index is 0.0173. The molecule has 0 radical (unpaired) electrons. The number of hydrogen-bond donors (Lipinski definition) is 1. The highest BCUT2D eigenvalue weighted by molar-refractivity contribution is 7.99. The van der Waals surface area contributed by atoms with Crippen LogP contribution < -0.4 is 4.90 Å². The molecule has 0 aliphatic rings. The predicted octanol–water partition coefficient (Wildman–Crippen LogP) is 4.61. The Morgan fingerprint density at radius 3 is 2.51 bits per heavy atom. The van der Waals surface area contributed by atoms with Crippen LogP contribution in [0.3, 0.4) is 0 Å². The maximum Gasteiger partial charge on any atom is 0.286 e. The number of aromatic nitrogens is 4. The van der Waals surface area contributed by atoms with Gasteiger partial charge in [0, 0.05) is 66.5 Å². The van der Waals surface area contributed by atoms with E-state index in [9.17, 15) is 14.3 Å². The van der Waals surface area contributed by atoms with Crippen LogP contribution in [0.5, 0.6) is 0 Å². The number of benzene rings is 2. The van der Waals surface area contributed by atoms with Gasteiger partial charge in [-0.1, -0.05) is 24.3 Å². The molecule has 9 nitrogen and oxygen atoms in total. The summed E-state index contributed by atoms with van der Waals surface area (Å²) in [6.07, 6.45) is 6.79. The van der Waals surface area contributed by atoms with Crippen LogP contribution in [0.1, 0.15) is 0 Å². The zero-order chi connectivity index (χ0) is 24.7. The second-order valence-electron chi connectivity index (χ2n) is 8.26. The largest absolute Gasteiger partial charge is 0.378 e. The van der Waals surface area contributed by atoms with Crippen molar-refractivity contribution in [3.63, 3.8) is 0 Å². The Balaban J connectivity index is 1.55. The summed E-state index contributed by atoms with van der Waals surface area (Å²) in [6.45, 7) is 0. The number of aromatic amines is 1. The maximum absolute atomic E-state index is 13.5. The van der Waals surface area contributed by atoms with Crippen molar-refractivity contribution in [3.05, 3.63) is 89.5 Å². The summed E-state index contributed by atoms with van der Waals surface area (Å²) in [5.74, 6) is 3.78. The molecule has 3 heterocycles. The van der Waals surface area contributed by atoms with Crippen LogP contribution in [0.2, 0.25) is 0 Å². The van der Waals surface area contributed by atoms with E-state index in [0.717, 1.165) is 27.8 Å². The minimum atomic E-state index is -3.27. The average Bonchev–Trinajstić information content (AvgIpc) is 3.51. The van der Waals surface area contributed by atoms with Crippen molar-refractivity contribution >= 4 is 38.0 Å². The van der Waals surface area contributed by atoms with E-state index in [1.807, 2.05) is 49.6 Å². The molecule has 0 bridgehead atoms. The van der Waals surface area contributed by atoms with Gasteiger partial charge < -0.3 is 9.88 Å². The smallest absolute Gasteiger partial charge is 0.286 e. The molecule has 1 N–H and O–H groups in total. The lowest BCUT2D eigenvalue weighted by Crippen LogP contribution is -2.14. The molecule has 10 heteroatoms. The zero-order valence-corrected chi connectivity index (χ0v) is 19.9. The minimum Gasteiger partial charge on any atom is -0.378 e. The van der Waals surface area contributed by atoms with E-state index in [1.165, 1.54) is 22.3 Å². The molecule has 0 saturated heterocycles. The van der Waals surface area contributed by atoms with Crippen molar-refractivity contribution in [1.82, 2.24) is 19.2 Å². The number of fused-ring (bicyclic) bond motifs is 1. The third kappa shape index (κ3) is 3.93. The Bertz CT molecular complexity index is 1670. The summed E-state index contributed by atoms with van der Waals surface area (Å²) in [6, 6.07) is 16.1. The van der Waals surface area contributed by atoms with Gasteiger partial charge in [0.1, 0.15) is 20.3 Å². The highest BCUT2D eigenvalue weighted by Crippen LogP contribution is 2.32. The van der Waals surface area contributed by atoms with Gasteiger partial charge in [-0.25, -0.2) is 9.19 Å². The molecular formula is C25H22N6O3S. The Morgan fingerprint density at radius 2 is 1.80 bits per heavy atom. The summed E-state index contributed by atoms with van der Waals surface area (Å²) in [7, 11) is 0.724. The molecule has 0 fully saturated rings. The third-order valence-electron chi connectivity index (χ3n) is 5.83. The van der Waals surface area contributed by atoms with Crippen molar-refractivity contribution in [3.8, 4) is 22.3 Å². The van der Waals surface area contributed by atoms with Crippen LogP contribution in [0.15, 0.2) is 84.3 Å². The molecule has 1 atom stereocenters. The summed E-state index contributed by atoms with van der Waals surface area (Å²) in [4.78, 5) is 20.7. The SMILES string of the molecule is C=S(=O)(c1ccccc1[N+](=O)[O-])n1cc(-c2c[nH]c3ncc(-c4ccc(N(C)C)cc4)cc23)cn1. The van der Waals surface area contributed by atoms with Crippen LogP contribution in [0.25, 0.3) is 33.3 Å². The number of H-pyrrole nitrogens is 1. The molecule has 3 aromatic heterocycles. The Kier molecular flexibility index (Phi) is 5.37.